The van der Waals surface area contributed by atoms with Gasteiger partial charge in [-0.1, -0.05) is 0 Å². The van der Waals surface area contributed by atoms with E-state index in [1.807, 2.05) is 0 Å². The molecule has 1 aromatic heterocycles. The fourth-order valence-corrected chi connectivity index (χ4v) is 1.25. The van der Waals surface area contributed by atoms with Crippen LogP contribution >= 0.6 is 7.60 Å². The van der Waals surface area contributed by atoms with Gasteiger partial charge in [0, 0.05) is 6.66 Å². The molecule has 72 valence electrons. The van der Waals surface area contributed by atoms with Crippen LogP contribution in [-0.2, 0) is 11.2 Å². The fraction of sp³-hybridized carbons (Fsp3) is 0.286. The molecule has 0 spiro atoms. The quantitative estimate of drug-likeness (QED) is 0.709. The van der Waals surface area contributed by atoms with Crippen LogP contribution in [0.1, 0.15) is 5.69 Å². The average molecular weight is 203 g/mol. The molecule has 0 aromatic carbocycles. The summed E-state index contributed by atoms with van der Waals surface area (Å²) in [7, 11) is -3.51. The summed E-state index contributed by atoms with van der Waals surface area (Å²) in [6.45, 7) is 0.927. The molecule has 2 N–H and O–H groups in total. The molecule has 13 heavy (non-hydrogen) atoms. The van der Waals surface area contributed by atoms with Gasteiger partial charge in [-0.3, -0.25) is 4.98 Å². The maximum Gasteiger partial charge on any atom is 0.373 e. The van der Waals surface area contributed by atoms with Crippen molar-refractivity contribution in [1.82, 2.24) is 4.98 Å². The third kappa shape index (κ3) is 3.55. The van der Waals surface area contributed by atoms with Crippen LogP contribution in [0.15, 0.2) is 18.3 Å². The monoisotopic (exact) mass is 203 g/mol. The van der Waals surface area contributed by atoms with Crippen molar-refractivity contribution in [2.75, 3.05) is 6.66 Å². The van der Waals surface area contributed by atoms with Gasteiger partial charge in [-0.05, 0) is 12.1 Å². The van der Waals surface area contributed by atoms with E-state index in [-0.39, 0.29) is 12.4 Å². The van der Waals surface area contributed by atoms with Crippen LogP contribution in [0.5, 0.6) is 5.75 Å². The number of rotatable bonds is 3. The summed E-state index contributed by atoms with van der Waals surface area (Å²) < 4.78 is 15.5. The molecule has 1 unspecified atom stereocenters. The molecule has 6 heteroatoms. The van der Waals surface area contributed by atoms with Gasteiger partial charge < -0.3 is 14.5 Å². The van der Waals surface area contributed by atoms with Crippen LogP contribution in [0, 0.1) is 0 Å². The minimum atomic E-state index is -3.51. The zero-order valence-electron chi connectivity index (χ0n) is 7.04. The Bertz CT molecular complexity index is 318. The molecule has 0 aliphatic rings. The summed E-state index contributed by atoms with van der Waals surface area (Å²) in [4.78, 5) is 12.6. The van der Waals surface area contributed by atoms with Crippen LogP contribution in [0.4, 0.5) is 0 Å². The van der Waals surface area contributed by atoms with Crippen molar-refractivity contribution in [2.45, 2.75) is 6.61 Å². The van der Waals surface area contributed by atoms with Crippen molar-refractivity contribution >= 4 is 7.60 Å². The van der Waals surface area contributed by atoms with Crippen LogP contribution in [0.2, 0.25) is 0 Å². The molecule has 0 radical (unpaired) electrons. The van der Waals surface area contributed by atoms with Crippen molar-refractivity contribution in [1.29, 1.82) is 0 Å². The van der Waals surface area contributed by atoms with Gasteiger partial charge in [-0.25, -0.2) is 4.57 Å². The highest BCUT2D eigenvalue weighted by Crippen LogP contribution is 2.37. The van der Waals surface area contributed by atoms with Gasteiger partial charge in [0.2, 0.25) is 0 Å². The lowest BCUT2D eigenvalue weighted by atomic mass is 10.3. The van der Waals surface area contributed by atoms with E-state index in [4.69, 9.17) is 10.00 Å². The highest BCUT2D eigenvalue weighted by molar-refractivity contribution is 7.52. The van der Waals surface area contributed by atoms with Gasteiger partial charge in [0.1, 0.15) is 5.75 Å². The Balaban J connectivity index is 2.76. The molecule has 1 rings (SSSR count). The maximum atomic E-state index is 10.8. The van der Waals surface area contributed by atoms with Crippen LogP contribution < -0.4 is 4.52 Å². The molecule has 0 amide bonds. The van der Waals surface area contributed by atoms with Crippen molar-refractivity contribution in [3.63, 3.8) is 0 Å². The Morgan fingerprint density at radius 2 is 2.31 bits per heavy atom. The molecular formula is C7H10NO4P. The van der Waals surface area contributed by atoms with E-state index >= 15 is 0 Å². The van der Waals surface area contributed by atoms with E-state index in [1.165, 1.54) is 18.3 Å². The van der Waals surface area contributed by atoms with Crippen LogP contribution in [0.3, 0.4) is 0 Å². The first-order chi connectivity index (χ1) is 6.01. The first kappa shape index (κ1) is 10.2. The second-order valence-electron chi connectivity index (χ2n) is 2.54. The molecule has 0 fully saturated rings. The second kappa shape index (κ2) is 3.87. The standard InChI is InChI=1S/C7H10NO4P/c1-13(10,11)12-7-3-2-6(5-9)8-4-7/h2-4,9H,5H2,1H3,(H,10,11). The zero-order valence-corrected chi connectivity index (χ0v) is 7.94. The third-order valence-corrected chi connectivity index (χ3v) is 1.78. The normalized spacial score (nSPS) is 15.0. The average Bonchev–Trinajstić information content (AvgIpc) is 2.03. The van der Waals surface area contributed by atoms with E-state index in [0.29, 0.717) is 5.69 Å². The van der Waals surface area contributed by atoms with Gasteiger partial charge in [-0.15, -0.1) is 0 Å². The molecule has 0 bridgehead atoms. The summed E-state index contributed by atoms with van der Waals surface area (Å²) in [5.41, 5.74) is 0.483. The van der Waals surface area contributed by atoms with Crippen molar-refractivity contribution < 1.29 is 19.1 Å². The minimum Gasteiger partial charge on any atom is -0.423 e. The van der Waals surface area contributed by atoms with Gasteiger partial charge in [-0.2, -0.15) is 0 Å². The maximum absolute atomic E-state index is 10.8. The number of pyridine rings is 1. The van der Waals surface area contributed by atoms with Crippen LogP contribution in [-0.4, -0.2) is 21.6 Å². The molecular weight excluding hydrogens is 193 g/mol. The van der Waals surface area contributed by atoms with Crippen molar-refractivity contribution in [3.8, 4) is 5.75 Å². The summed E-state index contributed by atoms with van der Waals surface area (Å²) in [6, 6.07) is 3.00. The number of nitrogens with zero attached hydrogens (tertiary/aromatic N) is 1. The topological polar surface area (TPSA) is 79.7 Å². The SMILES string of the molecule is CP(=O)(O)Oc1ccc(CO)nc1. The van der Waals surface area contributed by atoms with Gasteiger partial charge in [0.15, 0.2) is 0 Å². The number of hydrogen-bond acceptors (Lipinski definition) is 4. The molecule has 1 heterocycles. The summed E-state index contributed by atoms with van der Waals surface area (Å²) in [6.07, 6.45) is 1.29. The van der Waals surface area contributed by atoms with E-state index in [0.717, 1.165) is 6.66 Å². The second-order valence-corrected chi connectivity index (χ2v) is 4.33. The largest absolute Gasteiger partial charge is 0.423 e. The van der Waals surface area contributed by atoms with E-state index in [1.54, 1.807) is 0 Å². The van der Waals surface area contributed by atoms with E-state index < -0.39 is 7.60 Å². The number of aliphatic hydroxyl groups is 1. The smallest absolute Gasteiger partial charge is 0.373 e. The summed E-state index contributed by atoms with van der Waals surface area (Å²) >= 11 is 0. The predicted octanol–water partition coefficient (Wildman–Crippen LogP) is 0.768. The van der Waals surface area contributed by atoms with Gasteiger partial charge >= 0.3 is 7.60 Å². The Hall–Kier alpha value is -0.900. The highest BCUT2D eigenvalue weighted by Gasteiger charge is 2.11. The Labute approximate surface area is 75.5 Å². The molecule has 1 atom stereocenters. The van der Waals surface area contributed by atoms with Gasteiger partial charge in [0.05, 0.1) is 18.5 Å². The van der Waals surface area contributed by atoms with Gasteiger partial charge in [0.25, 0.3) is 0 Å². The molecule has 0 saturated heterocycles. The van der Waals surface area contributed by atoms with E-state index in [2.05, 4.69) is 9.51 Å². The molecule has 0 aliphatic carbocycles. The Morgan fingerprint density at radius 1 is 1.62 bits per heavy atom. The molecule has 5 nitrogen and oxygen atoms in total. The molecule has 0 saturated carbocycles. The highest BCUT2D eigenvalue weighted by atomic mass is 31.2. The van der Waals surface area contributed by atoms with Crippen molar-refractivity contribution in [2.24, 2.45) is 0 Å². The number of aliphatic hydroxyl groups excluding tert-OH is 1. The Kier molecular flexibility index (Phi) is 3.03. The number of hydrogen-bond donors (Lipinski definition) is 2. The lowest BCUT2D eigenvalue weighted by Crippen LogP contribution is -1.92. The lowest BCUT2D eigenvalue weighted by molar-refractivity contribution is 0.276. The van der Waals surface area contributed by atoms with Crippen molar-refractivity contribution in [3.05, 3.63) is 24.0 Å². The summed E-state index contributed by atoms with van der Waals surface area (Å²) in [5, 5.41) is 8.65. The zero-order chi connectivity index (χ0) is 9.90. The fourth-order valence-electron chi connectivity index (χ4n) is 0.754. The van der Waals surface area contributed by atoms with E-state index in [9.17, 15) is 4.57 Å². The first-order valence-corrected chi connectivity index (χ1v) is 5.59. The lowest BCUT2D eigenvalue weighted by Gasteiger charge is -2.07. The predicted molar refractivity (Wildman–Crippen MR) is 46.5 cm³/mol. The molecule has 1 aromatic rings. The number of aromatic nitrogens is 1. The first-order valence-electron chi connectivity index (χ1n) is 3.57. The molecule has 0 aliphatic heterocycles. The Morgan fingerprint density at radius 3 is 2.69 bits per heavy atom. The minimum absolute atomic E-state index is 0.164. The van der Waals surface area contributed by atoms with Crippen LogP contribution in [0.25, 0.3) is 0 Å². The third-order valence-electron chi connectivity index (χ3n) is 1.23. The summed E-state index contributed by atoms with van der Waals surface area (Å²) in [5.74, 6) is 0.213.